The molecule has 4 N–H and O–H groups in total. The third-order valence-electron chi connectivity index (χ3n) is 3.45. The number of methoxy groups -OCH3 is 1. The zero-order valence-corrected chi connectivity index (χ0v) is 12.8. The Morgan fingerprint density at radius 3 is 3.00 bits per heavy atom. The second kappa shape index (κ2) is 6.90. The fraction of sp³-hybridized carbons (Fsp3) is 0.692. The lowest BCUT2D eigenvalue weighted by molar-refractivity contribution is 0.0951. The van der Waals surface area contributed by atoms with Crippen molar-refractivity contribution in [3.05, 3.63) is 4.88 Å². The third kappa shape index (κ3) is 4.08. The molecule has 6 nitrogen and oxygen atoms in total. The van der Waals surface area contributed by atoms with Gasteiger partial charge in [0.05, 0.1) is 6.61 Å². The lowest BCUT2D eigenvalue weighted by Crippen LogP contribution is -2.28. The minimum atomic E-state index is -0.132. The predicted octanol–water partition coefficient (Wildman–Crippen LogP) is 1.56. The lowest BCUT2D eigenvalue weighted by atomic mass is 10.1. The second-order valence-corrected chi connectivity index (χ2v) is 6.18. The fourth-order valence-corrected chi connectivity index (χ4v) is 2.82. The molecule has 0 saturated heterocycles. The molecule has 1 aromatic rings. The number of nitrogens with zero attached hydrogens (tertiary/aromatic N) is 1. The number of anilines is 2. The first-order valence-electron chi connectivity index (χ1n) is 6.89. The molecular formula is C13H22N4O2S. The minimum Gasteiger partial charge on any atom is -0.383 e. The summed E-state index contributed by atoms with van der Waals surface area (Å²) in [5.41, 5.74) is 5.79. The first-order chi connectivity index (χ1) is 9.61. The third-order valence-corrected chi connectivity index (χ3v) is 4.48. The molecule has 112 valence electrons. The molecule has 1 aliphatic carbocycles. The summed E-state index contributed by atoms with van der Waals surface area (Å²) in [6.45, 7) is 4.10. The molecule has 1 aromatic heterocycles. The molecule has 1 unspecified atom stereocenters. The number of rotatable bonds is 8. The van der Waals surface area contributed by atoms with Crippen LogP contribution < -0.4 is 16.4 Å². The summed E-state index contributed by atoms with van der Waals surface area (Å²) in [7, 11) is 1.64. The van der Waals surface area contributed by atoms with Gasteiger partial charge in [-0.2, -0.15) is 0 Å². The van der Waals surface area contributed by atoms with Crippen molar-refractivity contribution < 1.29 is 9.53 Å². The monoisotopic (exact) mass is 298 g/mol. The Bertz CT molecular complexity index is 459. The topological polar surface area (TPSA) is 89.3 Å². The van der Waals surface area contributed by atoms with Crippen LogP contribution in [0.2, 0.25) is 0 Å². The number of ether oxygens (including phenoxy) is 1. The zero-order valence-electron chi connectivity index (χ0n) is 11.9. The maximum Gasteiger partial charge on any atom is 0.265 e. The largest absolute Gasteiger partial charge is 0.383 e. The Hall–Kier alpha value is -1.34. The van der Waals surface area contributed by atoms with E-state index in [1.54, 1.807) is 7.11 Å². The van der Waals surface area contributed by atoms with E-state index >= 15 is 0 Å². The van der Waals surface area contributed by atoms with Gasteiger partial charge in [0.2, 0.25) is 0 Å². The number of nitrogens with one attached hydrogen (secondary N) is 2. The molecule has 1 aliphatic rings. The van der Waals surface area contributed by atoms with Gasteiger partial charge in [-0.15, -0.1) is 0 Å². The number of nitrogen functional groups attached to an aromatic ring is 1. The molecule has 0 bridgehead atoms. The highest BCUT2D eigenvalue weighted by molar-refractivity contribution is 7.18. The van der Waals surface area contributed by atoms with Gasteiger partial charge in [0.1, 0.15) is 10.7 Å². The minimum absolute atomic E-state index is 0.132. The smallest absolute Gasteiger partial charge is 0.265 e. The number of hydrogen-bond donors (Lipinski definition) is 3. The molecule has 0 spiro atoms. The van der Waals surface area contributed by atoms with Gasteiger partial charge in [-0.05, 0) is 24.7 Å². The number of carbonyl (C=O) groups is 1. The van der Waals surface area contributed by atoms with Crippen LogP contribution in [0.1, 0.15) is 29.4 Å². The molecule has 1 saturated carbocycles. The van der Waals surface area contributed by atoms with Gasteiger partial charge in [0.15, 0.2) is 5.13 Å². The number of aromatic nitrogens is 1. The molecule has 1 atom stereocenters. The number of hydrogen-bond acceptors (Lipinski definition) is 6. The van der Waals surface area contributed by atoms with Crippen LogP contribution >= 0.6 is 11.3 Å². The van der Waals surface area contributed by atoms with E-state index in [0.29, 0.717) is 35.6 Å². The quantitative estimate of drug-likeness (QED) is 0.634. The van der Waals surface area contributed by atoms with Crippen molar-refractivity contribution in [2.75, 3.05) is 37.9 Å². The van der Waals surface area contributed by atoms with E-state index in [-0.39, 0.29) is 11.7 Å². The lowest BCUT2D eigenvalue weighted by Gasteiger charge is -2.10. The summed E-state index contributed by atoms with van der Waals surface area (Å²) in [6, 6.07) is 0. The highest BCUT2D eigenvalue weighted by Crippen LogP contribution is 2.36. The molecule has 7 heteroatoms. The predicted molar refractivity (Wildman–Crippen MR) is 81.1 cm³/mol. The Balaban J connectivity index is 1.84. The van der Waals surface area contributed by atoms with E-state index < -0.39 is 0 Å². The molecule has 1 amide bonds. The molecule has 0 radical (unpaired) electrons. The van der Waals surface area contributed by atoms with Gasteiger partial charge in [-0.3, -0.25) is 4.79 Å². The first-order valence-corrected chi connectivity index (χ1v) is 7.70. The summed E-state index contributed by atoms with van der Waals surface area (Å²) < 4.78 is 4.95. The first kappa shape index (κ1) is 15.1. The van der Waals surface area contributed by atoms with Crippen molar-refractivity contribution >= 4 is 28.2 Å². The molecule has 2 rings (SSSR count). The van der Waals surface area contributed by atoms with Crippen LogP contribution in [-0.4, -0.2) is 37.7 Å². The van der Waals surface area contributed by atoms with E-state index in [4.69, 9.17) is 10.5 Å². The van der Waals surface area contributed by atoms with Gasteiger partial charge in [-0.25, -0.2) is 4.98 Å². The molecule has 1 fully saturated rings. The summed E-state index contributed by atoms with van der Waals surface area (Å²) in [6.07, 6.45) is 2.57. The average Bonchev–Trinajstić information content (AvgIpc) is 3.20. The van der Waals surface area contributed by atoms with E-state index in [2.05, 4.69) is 22.5 Å². The van der Waals surface area contributed by atoms with Crippen molar-refractivity contribution in [3.8, 4) is 0 Å². The summed E-state index contributed by atoms with van der Waals surface area (Å²) in [5, 5.41) is 6.67. The highest BCUT2D eigenvalue weighted by Gasteiger charge is 2.28. The fourth-order valence-electron chi connectivity index (χ4n) is 2.00. The molecule has 0 aromatic carbocycles. The Morgan fingerprint density at radius 1 is 1.60 bits per heavy atom. The Kier molecular flexibility index (Phi) is 5.19. The number of amides is 1. The van der Waals surface area contributed by atoms with Crippen molar-refractivity contribution in [1.82, 2.24) is 10.3 Å². The van der Waals surface area contributed by atoms with E-state index in [1.165, 1.54) is 24.2 Å². The Labute approximate surface area is 123 Å². The molecule has 0 aliphatic heterocycles. The van der Waals surface area contributed by atoms with E-state index in [0.717, 1.165) is 5.92 Å². The Morgan fingerprint density at radius 2 is 2.35 bits per heavy atom. The highest BCUT2D eigenvalue weighted by atomic mass is 32.1. The molecular weight excluding hydrogens is 276 g/mol. The van der Waals surface area contributed by atoms with Crippen LogP contribution in [0.4, 0.5) is 10.9 Å². The summed E-state index contributed by atoms with van der Waals surface area (Å²) >= 11 is 1.28. The average molecular weight is 298 g/mol. The van der Waals surface area contributed by atoms with Crippen LogP contribution in [0.15, 0.2) is 0 Å². The van der Waals surface area contributed by atoms with Crippen LogP contribution in [0.25, 0.3) is 0 Å². The van der Waals surface area contributed by atoms with Crippen LogP contribution in [0.5, 0.6) is 0 Å². The van der Waals surface area contributed by atoms with Crippen LogP contribution in [0, 0.1) is 11.8 Å². The van der Waals surface area contributed by atoms with Gasteiger partial charge in [0, 0.05) is 20.2 Å². The zero-order chi connectivity index (χ0) is 14.5. The normalized spacial score (nSPS) is 15.9. The van der Waals surface area contributed by atoms with Gasteiger partial charge < -0.3 is 21.1 Å². The number of thiazole rings is 1. The van der Waals surface area contributed by atoms with E-state index in [1.807, 2.05) is 0 Å². The maximum absolute atomic E-state index is 12.1. The second-order valence-electron chi connectivity index (χ2n) is 5.18. The molecule has 1 heterocycles. The van der Waals surface area contributed by atoms with Crippen molar-refractivity contribution in [1.29, 1.82) is 0 Å². The van der Waals surface area contributed by atoms with Gasteiger partial charge in [0.25, 0.3) is 5.91 Å². The van der Waals surface area contributed by atoms with Gasteiger partial charge in [-0.1, -0.05) is 18.3 Å². The van der Waals surface area contributed by atoms with Gasteiger partial charge >= 0.3 is 0 Å². The van der Waals surface area contributed by atoms with Crippen molar-refractivity contribution in [3.63, 3.8) is 0 Å². The van der Waals surface area contributed by atoms with Crippen molar-refractivity contribution in [2.24, 2.45) is 11.8 Å². The summed E-state index contributed by atoms with van der Waals surface area (Å²) in [5.74, 6) is 1.46. The van der Waals surface area contributed by atoms with Crippen LogP contribution in [-0.2, 0) is 4.74 Å². The van der Waals surface area contributed by atoms with Crippen LogP contribution in [0.3, 0.4) is 0 Å². The van der Waals surface area contributed by atoms with Crippen molar-refractivity contribution in [2.45, 2.75) is 19.8 Å². The molecule has 20 heavy (non-hydrogen) atoms. The SMILES string of the molecule is COCCNc1nc(N)c(C(=O)NCC(C)C2CC2)s1. The standard InChI is InChI=1S/C13H22N4O2S/c1-8(9-3-4-9)7-16-12(18)10-11(14)17-13(20-10)15-5-6-19-2/h8-9H,3-7,14H2,1-2H3,(H,15,17)(H,16,18). The summed E-state index contributed by atoms with van der Waals surface area (Å²) in [4.78, 5) is 16.7. The number of nitrogens with two attached hydrogens (primary N) is 1. The van der Waals surface area contributed by atoms with E-state index in [9.17, 15) is 4.79 Å². The maximum atomic E-state index is 12.1. The number of carbonyl (C=O) groups excluding carboxylic acids is 1.